The van der Waals surface area contributed by atoms with Crippen LogP contribution in [0.1, 0.15) is 26.7 Å². The number of aromatic nitrogens is 4. The number of hydrogen-bond donors (Lipinski definition) is 3. The van der Waals surface area contributed by atoms with Crippen molar-refractivity contribution < 1.29 is 14.4 Å². The molecule has 5 N–H and O–H groups in total. The van der Waals surface area contributed by atoms with Crippen LogP contribution in [0.15, 0.2) is 48.1 Å². The highest BCUT2D eigenvalue weighted by Crippen LogP contribution is 2.23. The molecule has 0 aliphatic carbocycles. The maximum atomic E-state index is 13.0. The lowest BCUT2D eigenvalue weighted by Crippen LogP contribution is -2.18. The van der Waals surface area contributed by atoms with Crippen molar-refractivity contribution in [3.63, 3.8) is 0 Å². The van der Waals surface area contributed by atoms with Crippen LogP contribution in [0, 0.1) is 0 Å². The van der Waals surface area contributed by atoms with Crippen molar-refractivity contribution in [2.45, 2.75) is 6.42 Å². The third-order valence-corrected chi connectivity index (χ3v) is 4.97. The summed E-state index contributed by atoms with van der Waals surface area (Å²) in [7, 11) is 0. The zero-order chi connectivity index (χ0) is 21.3. The zero-order valence-corrected chi connectivity index (χ0v) is 16.2. The fraction of sp³-hybridized carbons (Fsp3) is 0.0526. The number of thiazole rings is 1. The van der Waals surface area contributed by atoms with Gasteiger partial charge in [-0.3, -0.25) is 24.1 Å². The van der Waals surface area contributed by atoms with Gasteiger partial charge in [-0.1, -0.05) is 30.3 Å². The number of hydrogen-bond acceptors (Lipinski definition) is 7. The number of fused-ring (bicyclic) bond motifs is 1. The topological polar surface area (TPSA) is 158 Å². The van der Waals surface area contributed by atoms with E-state index in [1.807, 2.05) is 30.3 Å². The number of amides is 3. The first-order valence-corrected chi connectivity index (χ1v) is 9.57. The maximum absolute atomic E-state index is 13.0. The van der Waals surface area contributed by atoms with Crippen LogP contribution >= 0.6 is 11.3 Å². The summed E-state index contributed by atoms with van der Waals surface area (Å²) in [6.45, 7) is 0. The average molecular weight is 421 g/mol. The van der Waals surface area contributed by atoms with Crippen LogP contribution in [0.4, 0.5) is 5.13 Å². The van der Waals surface area contributed by atoms with E-state index < -0.39 is 17.7 Å². The predicted octanol–water partition coefficient (Wildman–Crippen LogP) is 1.23. The average Bonchev–Trinajstić information content (AvgIpc) is 3.34. The Bertz CT molecular complexity index is 1280. The number of nitrogens with two attached hydrogens (primary N) is 2. The number of imidazole rings is 1. The van der Waals surface area contributed by atoms with Gasteiger partial charge in [0.1, 0.15) is 12.0 Å². The van der Waals surface area contributed by atoms with E-state index in [1.165, 1.54) is 22.1 Å². The Kier molecular flexibility index (Phi) is 4.94. The van der Waals surface area contributed by atoms with Gasteiger partial charge >= 0.3 is 0 Å². The van der Waals surface area contributed by atoms with Crippen molar-refractivity contribution >= 4 is 39.8 Å². The SMILES string of the molecule is NC(=O)Cc1csc(NC(=O)c2cc(-c3ccccc3)nc3c(C(N)=O)ncn23)n1. The van der Waals surface area contributed by atoms with Gasteiger partial charge in [0, 0.05) is 10.9 Å². The Morgan fingerprint density at radius 3 is 2.57 bits per heavy atom. The summed E-state index contributed by atoms with van der Waals surface area (Å²) in [4.78, 5) is 48.4. The van der Waals surface area contributed by atoms with Gasteiger partial charge in [0.05, 0.1) is 17.8 Å². The number of primary amides is 2. The van der Waals surface area contributed by atoms with Crippen LogP contribution in [-0.4, -0.2) is 37.1 Å². The van der Waals surface area contributed by atoms with Crippen LogP contribution in [0.25, 0.3) is 16.9 Å². The van der Waals surface area contributed by atoms with Crippen molar-refractivity contribution in [1.29, 1.82) is 0 Å². The lowest BCUT2D eigenvalue weighted by Gasteiger charge is -2.09. The number of anilines is 1. The summed E-state index contributed by atoms with van der Waals surface area (Å²) in [6, 6.07) is 10.8. The minimum Gasteiger partial charge on any atom is -0.369 e. The largest absolute Gasteiger partial charge is 0.369 e. The standard InChI is InChI=1S/C19H15N7O3S/c20-14(27)6-11-8-30-19(23-11)25-18(29)13-7-12(10-4-2-1-3-5-10)24-17-15(16(21)28)22-9-26(13)17/h1-5,7-9H,6H2,(H2,20,27)(H2,21,28)(H,23,25,29). The Hall–Kier alpha value is -4.12. The number of benzene rings is 1. The van der Waals surface area contributed by atoms with E-state index in [-0.39, 0.29) is 23.5 Å². The van der Waals surface area contributed by atoms with Gasteiger partial charge in [-0.25, -0.2) is 15.0 Å². The molecule has 0 spiro atoms. The highest BCUT2D eigenvalue weighted by molar-refractivity contribution is 7.14. The van der Waals surface area contributed by atoms with Crippen molar-refractivity contribution in [1.82, 2.24) is 19.4 Å². The fourth-order valence-electron chi connectivity index (χ4n) is 2.86. The molecule has 150 valence electrons. The zero-order valence-electron chi connectivity index (χ0n) is 15.4. The molecule has 4 rings (SSSR count). The summed E-state index contributed by atoms with van der Waals surface area (Å²) < 4.78 is 1.39. The van der Waals surface area contributed by atoms with Crippen LogP contribution in [0.3, 0.4) is 0 Å². The molecule has 0 bridgehead atoms. The molecule has 4 aromatic rings. The molecule has 0 aliphatic heterocycles. The molecular formula is C19H15N7O3S. The summed E-state index contributed by atoms with van der Waals surface area (Å²) in [5.74, 6) is -1.76. The second-order valence-corrected chi connectivity index (χ2v) is 7.14. The van der Waals surface area contributed by atoms with Crippen molar-refractivity contribution in [3.8, 4) is 11.3 Å². The summed E-state index contributed by atoms with van der Waals surface area (Å²) >= 11 is 1.17. The molecule has 0 atom stereocenters. The number of rotatable bonds is 6. The first-order valence-electron chi connectivity index (χ1n) is 8.70. The number of nitrogens with one attached hydrogen (secondary N) is 1. The van der Waals surface area contributed by atoms with Gasteiger partial charge in [-0.15, -0.1) is 11.3 Å². The molecule has 1 aromatic carbocycles. The smallest absolute Gasteiger partial charge is 0.274 e. The number of carbonyl (C=O) groups is 3. The highest BCUT2D eigenvalue weighted by atomic mass is 32.1. The molecule has 0 saturated heterocycles. The van der Waals surface area contributed by atoms with Gasteiger partial charge in [-0.05, 0) is 6.07 Å². The van der Waals surface area contributed by atoms with Crippen LogP contribution in [-0.2, 0) is 11.2 Å². The van der Waals surface area contributed by atoms with E-state index in [1.54, 1.807) is 11.4 Å². The third-order valence-electron chi connectivity index (χ3n) is 4.16. The van der Waals surface area contributed by atoms with E-state index in [9.17, 15) is 14.4 Å². The molecular weight excluding hydrogens is 406 g/mol. The van der Waals surface area contributed by atoms with Gasteiger partial charge in [0.2, 0.25) is 5.91 Å². The summed E-state index contributed by atoms with van der Waals surface area (Å²) in [5.41, 5.74) is 12.6. The Morgan fingerprint density at radius 1 is 1.10 bits per heavy atom. The molecule has 30 heavy (non-hydrogen) atoms. The molecule has 11 heteroatoms. The summed E-state index contributed by atoms with van der Waals surface area (Å²) in [6.07, 6.45) is 1.29. The number of nitrogens with zero attached hydrogens (tertiary/aromatic N) is 4. The van der Waals surface area contributed by atoms with Crippen molar-refractivity contribution in [3.05, 3.63) is 65.2 Å². The molecule has 0 unspecified atom stereocenters. The lowest BCUT2D eigenvalue weighted by atomic mass is 10.1. The van der Waals surface area contributed by atoms with Crippen LogP contribution < -0.4 is 16.8 Å². The second kappa shape index (κ2) is 7.72. The number of carbonyl (C=O) groups excluding carboxylic acids is 3. The minimum atomic E-state index is -0.752. The van der Waals surface area contributed by atoms with Gasteiger partial charge in [0.15, 0.2) is 16.5 Å². The molecule has 0 saturated carbocycles. The van der Waals surface area contributed by atoms with Gasteiger partial charge < -0.3 is 11.5 Å². The monoisotopic (exact) mass is 421 g/mol. The van der Waals surface area contributed by atoms with Crippen LogP contribution in [0.2, 0.25) is 0 Å². The molecule has 0 fully saturated rings. The van der Waals surface area contributed by atoms with E-state index in [0.717, 1.165) is 5.56 Å². The Balaban J connectivity index is 1.77. The second-order valence-electron chi connectivity index (χ2n) is 6.28. The minimum absolute atomic E-state index is 0.0203. The van der Waals surface area contributed by atoms with E-state index in [2.05, 4.69) is 20.3 Å². The lowest BCUT2D eigenvalue weighted by molar-refractivity contribution is -0.117. The van der Waals surface area contributed by atoms with Crippen LogP contribution in [0.5, 0.6) is 0 Å². The van der Waals surface area contributed by atoms with Crippen molar-refractivity contribution in [2.75, 3.05) is 5.32 Å². The molecule has 3 amide bonds. The van der Waals surface area contributed by atoms with Crippen molar-refractivity contribution in [2.24, 2.45) is 11.5 Å². The first kappa shape index (κ1) is 19.2. The molecule has 0 aliphatic rings. The molecule has 3 heterocycles. The highest BCUT2D eigenvalue weighted by Gasteiger charge is 2.20. The van der Waals surface area contributed by atoms with Gasteiger partial charge in [0.25, 0.3) is 11.8 Å². The van der Waals surface area contributed by atoms with E-state index in [4.69, 9.17) is 11.5 Å². The Morgan fingerprint density at radius 2 is 1.87 bits per heavy atom. The normalized spacial score (nSPS) is 10.8. The first-order chi connectivity index (χ1) is 14.4. The molecule has 3 aromatic heterocycles. The van der Waals surface area contributed by atoms with E-state index in [0.29, 0.717) is 16.5 Å². The third kappa shape index (κ3) is 3.73. The quantitative estimate of drug-likeness (QED) is 0.425. The molecule has 10 nitrogen and oxygen atoms in total. The summed E-state index contributed by atoms with van der Waals surface area (Å²) in [5, 5.41) is 4.63. The van der Waals surface area contributed by atoms with E-state index >= 15 is 0 Å². The fourth-order valence-corrected chi connectivity index (χ4v) is 3.57. The Labute approximate surface area is 173 Å². The molecule has 0 radical (unpaired) electrons. The maximum Gasteiger partial charge on any atom is 0.274 e. The predicted molar refractivity (Wildman–Crippen MR) is 110 cm³/mol. The van der Waals surface area contributed by atoms with Gasteiger partial charge in [-0.2, -0.15) is 0 Å².